The number of nitrogens with zero attached hydrogens (tertiary/aromatic N) is 1. The molecule has 4 heteroatoms. The molecule has 1 aromatic heterocycles. The molecule has 0 aliphatic carbocycles. The molecule has 0 saturated heterocycles. The standard InChI is InChI=1S/C18H23N3O/c1-15(16-7-3-2-4-8-16)10-13-20-18(22)21-14-11-17-9-5-6-12-19-17/h2-9,12,15H,10-11,13-14H2,1H3,(H2,20,21,22)/t15-/m0/s1. The van der Waals surface area contributed by atoms with Gasteiger partial charge in [-0.2, -0.15) is 0 Å². The van der Waals surface area contributed by atoms with Gasteiger partial charge in [-0.3, -0.25) is 4.98 Å². The van der Waals surface area contributed by atoms with E-state index in [1.54, 1.807) is 6.20 Å². The minimum atomic E-state index is -0.115. The molecule has 4 nitrogen and oxygen atoms in total. The summed E-state index contributed by atoms with van der Waals surface area (Å²) < 4.78 is 0. The van der Waals surface area contributed by atoms with E-state index in [0.29, 0.717) is 19.0 Å². The predicted octanol–water partition coefficient (Wildman–Crippen LogP) is 3.12. The lowest BCUT2D eigenvalue weighted by atomic mass is 9.98. The summed E-state index contributed by atoms with van der Waals surface area (Å²) in [4.78, 5) is 15.9. The van der Waals surface area contributed by atoms with Crippen LogP contribution in [0.5, 0.6) is 0 Å². The van der Waals surface area contributed by atoms with Crippen molar-refractivity contribution in [2.45, 2.75) is 25.7 Å². The largest absolute Gasteiger partial charge is 0.338 e. The number of urea groups is 1. The second kappa shape index (κ2) is 8.82. The van der Waals surface area contributed by atoms with Crippen molar-refractivity contribution >= 4 is 6.03 Å². The molecule has 0 aliphatic heterocycles. The fraction of sp³-hybridized carbons (Fsp3) is 0.333. The van der Waals surface area contributed by atoms with Crippen LogP contribution in [-0.4, -0.2) is 24.1 Å². The van der Waals surface area contributed by atoms with E-state index in [1.807, 2.05) is 36.4 Å². The van der Waals surface area contributed by atoms with Gasteiger partial charge in [0, 0.05) is 31.4 Å². The van der Waals surface area contributed by atoms with Gasteiger partial charge in [-0.1, -0.05) is 43.3 Å². The third kappa shape index (κ3) is 5.56. The van der Waals surface area contributed by atoms with Crippen LogP contribution in [0.3, 0.4) is 0 Å². The van der Waals surface area contributed by atoms with Crippen molar-refractivity contribution in [2.75, 3.05) is 13.1 Å². The van der Waals surface area contributed by atoms with Gasteiger partial charge < -0.3 is 10.6 Å². The molecular weight excluding hydrogens is 274 g/mol. The number of hydrogen-bond donors (Lipinski definition) is 2. The Morgan fingerprint density at radius 3 is 2.50 bits per heavy atom. The number of aromatic nitrogens is 1. The monoisotopic (exact) mass is 297 g/mol. The molecule has 2 aromatic rings. The zero-order chi connectivity index (χ0) is 15.6. The number of hydrogen-bond acceptors (Lipinski definition) is 2. The van der Waals surface area contributed by atoms with Crippen molar-refractivity contribution in [3.05, 3.63) is 66.0 Å². The lowest BCUT2D eigenvalue weighted by molar-refractivity contribution is 0.240. The number of rotatable bonds is 7. The topological polar surface area (TPSA) is 54.0 Å². The zero-order valence-corrected chi connectivity index (χ0v) is 13.0. The molecule has 2 rings (SSSR count). The Morgan fingerprint density at radius 2 is 1.77 bits per heavy atom. The summed E-state index contributed by atoms with van der Waals surface area (Å²) in [5.41, 5.74) is 2.29. The van der Waals surface area contributed by atoms with Gasteiger partial charge in [0.05, 0.1) is 0 Å². The quantitative estimate of drug-likeness (QED) is 0.825. The lowest BCUT2D eigenvalue weighted by Crippen LogP contribution is -2.37. The van der Waals surface area contributed by atoms with E-state index in [9.17, 15) is 4.79 Å². The van der Waals surface area contributed by atoms with Crippen molar-refractivity contribution in [2.24, 2.45) is 0 Å². The molecule has 0 spiro atoms. The number of pyridine rings is 1. The SMILES string of the molecule is C[C@@H](CCNC(=O)NCCc1ccccn1)c1ccccc1. The summed E-state index contributed by atoms with van der Waals surface area (Å²) in [5.74, 6) is 0.440. The van der Waals surface area contributed by atoms with Gasteiger partial charge in [-0.25, -0.2) is 4.79 Å². The highest BCUT2D eigenvalue weighted by molar-refractivity contribution is 5.73. The van der Waals surface area contributed by atoms with Gasteiger partial charge in [-0.15, -0.1) is 0 Å². The van der Waals surface area contributed by atoms with Crippen LogP contribution in [0.15, 0.2) is 54.7 Å². The third-order valence-electron chi connectivity index (χ3n) is 3.62. The average Bonchev–Trinajstić information content (AvgIpc) is 2.56. The van der Waals surface area contributed by atoms with Crippen LogP contribution in [0.1, 0.15) is 30.5 Å². The van der Waals surface area contributed by atoms with E-state index in [4.69, 9.17) is 0 Å². The number of carbonyl (C=O) groups excluding carboxylic acids is 1. The molecule has 116 valence electrons. The maximum atomic E-state index is 11.7. The molecule has 1 atom stereocenters. The van der Waals surface area contributed by atoms with Gasteiger partial charge in [-0.05, 0) is 30.0 Å². The Balaban J connectivity index is 1.60. The molecular formula is C18H23N3O. The Morgan fingerprint density at radius 1 is 1.05 bits per heavy atom. The van der Waals surface area contributed by atoms with Crippen LogP contribution in [0, 0.1) is 0 Å². The first-order valence-corrected chi connectivity index (χ1v) is 7.72. The van der Waals surface area contributed by atoms with Crippen molar-refractivity contribution in [1.29, 1.82) is 0 Å². The minimum absolute atomic E-state index is 0.115. The first-order chi connectivity index (χ1) is 10.8. The van der Waals surface area contributed by atoms with Gasteiger partial charge >= 0.3 is 6.03 Å². The third-order valence-corrected chi connectivity index (χ3v) is 3.62. The summed E-state index contributed by atoms with van der Waals surface area (Å²) >= 11 is 0. The van der Waals surface area contributed by atoms with Gasteiger partial charge in [0.2, 0.25) is 0 Å². The highest BCUT2D eigenvalue weighted by Crippen LogP contribution is 2.17. The van der Waals surface area contributed by atoms with Crippen LogP contribution in [0.2, 0.25) is 0 Å². The second-order valence-corrected chi connectivity index (χ2v) is 5.35. The Kier molecular flexibility index (Phi) is 6.42. The van der Waals surface area contributed by atoms with Crippen LogP contribution in [0.4, 0.5) is 4.79 Å². The smallest absolute Gasteiger partial charge is 0.314 e. The number of nitrogens with one attached hydrogen (secondary N) is 2. The number of carbonyl (C=O) groups is 1. The number of benzene rings is 1. The molecule has 0 aliphatic rings. The summed E-state index contributed by atoms with van der Waals surface area (Å²) in [7, 11) is 0. The minimum Gasteiger partial charge on any atom is -0.338 e. The van der Waals surface area contributed by atoms with E-state index >= 15 is 0 Å². The highest BCUT2D eigenvalue weighted by Gasteiger charge is 2.06. The maximum absolute atomic E-state index is 11.7. The van der Waals surface area contributed by atoms with Crippen molar-refractivity contribution < 1.29 is 4.79 Å². The lowest BCUT2D eigenvalue weighted by Gasteiger charge is -2.13. The Bertz CT molecular complexity index is 557. The summed E-state index contributed by atoms with van der Waals surface area (Å²) in [6.45, 7) is 3.44. The van der Waals surface area contributed by atoms with E-state index in [0.717, 1.165) is 18.5 Å². The molecule has 22 heavy (non-hydrogen) atoms. The fourth-order valence-corrected chi connectivity index (χ4v) is 2.26. The Labute approximate surface area is 132 Å². The van der Waals surface area contributed by atoms with E-state index in [2.05, 4.69) is 34.7 Å². The van der Waals surface area contributed by atoms with Gasteiger partial charge in [0.1, 0.15) is 0 Å². The predicted molar refractivity (Wildman–Crippen MR) is 88.8 cm³/mol. The normalized spacial score (nSPS) is 11.7. The molecule has 2 amide bonds. The molecule has 2 N–H and O–H groups in total. The Hall–Kier alpha value is -2.36. The van der Waals surface area contributed by atoms with Gasteiger partial charge in [0.25, 0.3) is 0 Å². The number of amides is 2. The molecule has 1 heterocycles. The zero-order valence-electron chi connectivity index (χ0n) is 13.0. The van der Waals surface area contributed by atoms with Crippen molar-refractivity contribution in [1.82, 2.24) is 15.6 Å². The molecule has 0 fully saturated rings. The highest BCUT2D eigenvalue weighted by atomic mass is 16.2. The molecule has 0 bridgehead atoms. The van der Waals surface area contributed by atoms with Crippen LogP contribution in [-0.2, 0) is 6.42 Å². The summed E-state index contributed by atoms with van der Waals surface area (Å²) in [5, 5.41) is 5.75. The van der Waals surface area contributed by atoms with Crippen LogP contribution >= 0.6 is 0 Å². The first kappa shape index (κ1) is 16.0. The fourth-order valence-electron chi connectivity index (χ4n) is 2.26. The molecule has 0 radical (unpaired) electrons. The maximum Gasteiger partial charge on any atom is 0.314 e. The molecule has 0 saturated carbocycles. The molecule has 0 unspecified atom stereocenters. The van der Waals surface area contributed by atoms with E-state index in [-0.39, 0.29) is 6.03 Å². The average molecular weight is 297 g/mol. The summed E-state index contributed by atoms with van der Waals surface area (Å²) in [6, 6.07) is 16.0. The first-order valence-electron chi connectivity index (χ1n) is 7.72. The van der Waals surface area contributed by atoms with Crippen molar-refractivity contribution in [3.8, 4) is 0 Å². The van der Waals surface area contributed by atoms with Gasteiger partial charge in [0.15, 0.2) is 0 Å². The summed E-state index contributed by atoms with van der Waals surface area (Å²) in [6.07, 6.45) is 3.44. The second-order valence-electron chi connectivity index (χ2n) is 5.35. The molecule has 1 aromatic carbocycles. The van der Waals surface area contributed by atoms with Crippen LogP contribution in [0.25, 0.3) is 0 Å². The van der Waals surface area contributed by atoms with E-state index in [1.165, 1.54) is 5.56 Å². The van der Waals surface area contributed by atoms with Crippen molar-refractivity contribution in [3.63, 3.8) is 0 Å². The van der Waals surface area contributed by atoms with Crippen LogP contribution < -0.4 is 10.6 Å². The van der Waals surface area contributed by atoms with E-state index < -0.39 is 0 Å².